The Kier molecular flexibility index (Phi) is 10.0. The SMILES string of the molecule is Nc1c(S(=O)(=O)O)cc(S(=O)(=O)O)c2ccc(N=Nc3ccc(-c4ccc(N=Nc5ccc6c(S(=O)(=O)O)cc(S(=O)(=O)O)c(N)c6c5O)c(O)c4)cc3O)c(O)c12. The molecule has 6 rings (SSSR count). The number of phenols is 4. The number of azo groups is 2. The molecule has 0 fully saturated rings. The van der Waals surface area contributed by atoms with Crippen LogP contribution in [0, 0.1) is 0 Å². The molecule has 0 aliphatic carbocycles. The lowest BCUT2D eigenvalue weighted by Crippen LogP contribution is -2.08. The summed E-state index contributed by atoms with van der Waals surface area (Å²) >= 11 is 0. The number of rotatable bonds is 9. The molecule has 0 unspecified atom stereocenters. The predicted molar refractivity (Wildman–Crippen MR) is 203 cm³/mol. The lowest BCUT2D eigenvalue weighted by atomic mass is 10.0. The van der Waals surface area contributed by atoms with E-state index in [0.717, 1.165) is 24.3 Å². The zero-order valence-electron chi connectivity index (χ0n) is 28.3. The molecule has 302 valence electrons. The molecular formula is C32H24N6O16S4. The molecule has 0 radical (unpaired) electrons. The van der Waals surface area contributed by atoms with E-state index in [1.54, 1.807) is 0 Å². The molecule has 0 aromatic heterocycles. The van der Waals surface area contributed by atoms with Crippen molar-refractivity contribution in [2.75, 3.05) is 11.5 Å². The number of phenolic OH excluding ortho intramolecular Hbond substituents is 4. The van der Waals surface area contributed by atoms with Crippen LogP contribution in [-0.4, -0.2) is 72.3 Å². The summed E-state index contributed by atoms with van der Waals surface area (Å²) < 4.78 is 134. The second-order valence-electron chi connectivity index (χ2n) is 12.0. The third-order valence-electron chi connectivity index (χ3n) is 8.36. The van der Waals surface area contributed by atoms with E-state index in [9.17, 15) is 72.3 Å². The van der Waals surface area contributed by atoms with Crippen molar-refractivity contribution in [1.82, 2.24) is 0 Å². The summed E-state index contributed by atoms with van der Waals surface area (Å²) in [6.45, 7) is 0. The predicted octanol–water partition coefficient (Wildman–Crippen LogP) is 5.46. The molecule has 0 heterocycles. The molecular weight excluding hydrogens is 853 g/mol. The molecule has 0 atom stereocenters. The average Bonchev–Trinajstić information content (AvgIpc) is 3.09. The van der Waals surface area contributed by atoms with Crippen LogP contribution in [0.2, 0.25) is 0 Å². The summed E-state index contributed by atoms with van der Waals surface area (Å²) in [6, 6.07) is 12.8. The van der Waals surface area contributed by atoms with Crippen molar-refractivity contribution in [3.05, 3.63) is 72.8 Å². The van der Waals surface area contributed by atoms with Gasteiger partial charge in [-0.3, -0.25) is 18.2 Å². The fraction of sp³-hybridized carbons (Fsp3) is 0. The lowest BCUT2D eigenvalue weighted by molar-refractivity contribution is 0.474. The molecule has 12 N–H and O–H groups in total. The Bertz CT molecular complexity index is 3080. The van der Waals surface area contributed by atoms with Crippen LogP contribution in [0.15, 0.2) is 113 Å². The second kappa shape index (κ2) is 14.1. The number of anilines is 2. The fourth-order valence-electron chi connectivity index (χ4n) is 5.72. The maximum atomic E-state index is 12.0. The van der Waals surface area contributed by atoms with Gasteiger partial charge in [0.15, 0.2) is 11.5 Å². The largest absolute Gasteiger partial charge is 0.506 e. The van der Waals surface area contributed by atoms with Crippen molar-refractivity contribution < 1.29 is 72.3 Å². The number of benzene rings is 6. The minimum atomic E-state index is -5.15. The number of hydrogen-bond donors (Lipinski definition) is 10. The van der Waals surface area contributed by atoms with Crippen molar-refractivity contribution in [3.63, 3.8) is 0 Å². The van der Waals surface area contributed by atoms with Crippen LogP contribution in [0.5, 0.6) is 23.0 Å². The summed E-state index contributed by atoms with van der Waals surface area (Å²) in [4.78, 5) is -4.24. The van der Waals surface area contributed by atoms with E-state index < -0.39 is 127 Å². The number of nitrogen functional groups attached to an aromatic ring is 2. The first kappa shape index (κ1) is 41.1. The first-order valence-electron chi connectivity index (χ1n) is 15.3. The molecule has 6 aromatic rings. The van der Waals surface area contributed by atoms with Gasteiger partial charge < -0.3 is 31.9 Å². The standard InChI is InChI=1S/C32H24N6O16S4/c33-29-25(57(49,50)51)11-23(55(43,44)45)15-3-7-19(31(41)27(15)29)37-35-17-5-1-13(9-21(17)39)14-2-6-18(22(40)10-14)36-38-20-8-4-16-24(56(46,47)48)12-26(58(52,53)54)30(34)28(16)32(20)42/h1-12,39-42H,33-34H2,(H,43,44,45)(H,46,47,48)(H,49,50,51)(H,52,53,54). The van der Waals surface area contributed by atoms with Gasteiger partial charge in [0.1, 0.15) is 53.8 Å². The molecule has 0 spiro atoms. The zero-order chi connectivity index (χ0) is 42.9. The quantitative estimate of drug-likeness (QED) is 0.0489. The molecule has 0 bridgehead atoms. The highest BCUT2D eigenvalue weighted by Crippen LogP contribution is 2.46. The number of nitrogens with two attached hydrogens (primary N) is 2. The summed E-state index contributed by atoms with van der Waals surface area (Å²) in [5.74, 6) is -2.75. The van der Waals surface area contributed by atoms with E-state index in [4.69, 9.17) is 11.5 Å². The van der Waals surface area contributed by atoms with E-state index >= 15 is 0 Å². The maximum absolute atomic E-state index is 12.0. The Hall–Kier alpha value is -6.52. The van der Waals surface area contributed by atoms with Gasteiger partial charge in [0.25, 0.3) is 40.5 Å². The van der Waals surface area contributed by atoms with Crippen molar-refractivity contribution in [1.29, 1.82) is 0 Å². The van der Waals surface area contributed by atoms with Gasteiger partial charge >= 0.3 is 0 Å². The Morgan fingerprint density at radius 2 is 0.690 bits per heavy atom. The van der Waals surface area contributed by atoms with Gasteiger partial charge in [-0.1, -0.05) is 24.3 Å². The van der Waals surface area contributed by atoms with Crippen molar-refractivity contribution in [2.24, 2.45) is 20.5 Å². The third kappa shape index (κ3) is 7.63. The van der Waals surface area contributed by atoms with Gasteiger partial charge in [-0.05, 0) is 59.7 Å². The molecule has 22 nitrogen and oxygen atoms in total. The summed E-state index contributed by atoms with van der Waals surface area (Å²) in [5.41, 5.74) is 9.57. The van der Waals surface area contributed by atoms with Crippen LogP contribution < -0.4 is 11.5 Å². The van der Waals surface area contributed by atoms with Crippen molar-refractivity contribution >= 4 is 96.1 Å². The Morgan fingerprint density at radius 3 is 0.983 bits per heavy atom. The fourth-order valence-corrected chi connectivity index (χ4v) is 8.59. The topological polar surface area (TPSA) is 400 Å². The summed E-state index contributed by atoms with van der Waals surface area (Å²) in [7, 11) is -20.5. The number of aromatic hydroxyl groups is 4. The zero-order valence-corrected chi connectivity index (χ0v) is 31.6. The first-order chi connectivity index (χ1) is 26.8. The van der Waals surface area contributed by atoms with Crippen LogP contribution in [0.25, 0.3) is 32.7 Å². The molecule has 0 saturated carbocycles. The van der Waals surface area contributed by atoms with Gasteiger partial charge in [0.2, 0.25) is 0 Å². The Morgan fingerprint density at radius 1 is 0.397 bits per heavy atom. The number of nitrogens with zero attached hydrogens (tertiary/aromatic N) is 4. The highest BCUT2D eigenvalue weighted by atomic mass is 32.2. The maximum Gasteiger partial charge on any atom is 0.296 e. The van der Waals surface area contributed by atoms with Crippen LogP contribution in [0.3, 0.4) is 0 Å². The molecule has 26 heteroatoms. The third-order valence-corrected chi connectivity index (χ3v) is 11.9. The molecule has 6 aromatic carbocycles. The number of hydrogen-bond acceptors (Lipinski definition) is 18. The van der Waals surface area contributed by atoms with Crippen molar-refractivity contribution in [2.45, 2.75) is 19.6 Å². The van der Waals surface area contributed by atoms with Gasteiger partial charge in [0.05, 0.1) is 22.1 Å². The highest BCUT2D eigenvalue weighted by Gasteiger charge is 2.28. The molecule has 0 saturated heterocycles. The van der Waals surface area contributed by atoms with Gasteiger partial charge in [-0.25, -0.2) is 0 Å². The lowest BCUT2D eigenvalue weighted by Gasteiger charge is -2.13. The second-order valence-corrected chi connectivity index (χ2v) is 17.6. The van der Waals surface area contributed by atoms with Crippen molar-refractivity contribution in [3.8, 4) is 34.1 Å². The van der Waals surface area contributed by atoms with Crippen LogP contribution in [0.4, 0.5) is 34.1 Å². The number of fused-ring (bicyclic) bond motifs is 2. The van der Waals surface area contributed by atoms with E-state index in [2.05, 4.69) is 20.5 Å². The van der Waals surface area contributed by atoms with Gasteiger partial charge in [0, 0.05) is 10.8 Å². The smallest absolute Gasteiger partial charge is 0.296 e. The Labute approximate surface area is 325 Å². The van der Waals surface area contributed by atoms with E-state index in [0.29, 0.717) is 23.3 Å². The van der Waals surface area contributed by atoms with Crippen LogP contribution in [0.1, 0.15) is 0 Å². The minimum absolute atomic E-state index is 0.181. The Balaban J connectivity index is 1.30. The van der Waals surface area contributed by atoms with E-state index in [1.807, 2.05) is 0 Å². The molecule has 0 aliphatic rings. The molecule has 0 aliphatic heterocycles. The van der Waals surface area contributed by atoms with E-state index in [1.165, 1.54) is 36.4 Å². The van der Waals surface area contributed by atoms with Crippen LogP contribution in [-0.2, 0) is 40.5 Å². The average molecular weight is 877 g/mol. The normalized spacial score (nSPS) is 13.0. The van der Waals surface area contributed by atoms with E-state index in [-0.39, 0.29) is 11.4 Å². The summed E-state index contributed by atoms with van der Waals surface area (Å²) in [6.07, 6.45) is 0. The van der Waals surface area contributed by atoms with Gasteiger partial charge in [-0.15, -0.1) is 20.5 Å². The van der Waals surface area contributed by atoms with Gasteiger partial charge in [-0.2, -0.15) is 33.7 Å². The monoisotopic (exact) mass is 876 g/mol. The first-order valence-corrected chi connectivity index (χ1v) is 21.1. The molecule has 0 amide bonds. The summed E-state index contributed by atoms with van der Waals surface area (Å²) in [5, 5.41) is 56.4. The minimum Gasteiger partial charge on any atom is -0.506 e. The highest BCUT2D eigenvalue weighted by molar-refractivity contribution is 7.87. The molecule has 58 heavy (non-hydrogen) atoms. The van der Waals surface area contributed by atoms with Crippen LogP contribution >= 0.6 is 0 Å².